The first-order valence-corrected chi connectivity index (χ1v) is 7.71. The molecule has 0 aliphatic carbocycles. The Labute approximate surface area is 140 Å². The van der Waals surface area contributed by atoms with E-state index in [0.717, 1.165) is 15.4 Å². The van der Waals surface area contributed by atoms with Crippen molar-refractivity contribution < 1.29 is 14.6 Å². The molecule has 1 aromatic heterocycles. The summed E-state index contributed by atoms with van der Waals surface area (Å²) in [4.78, 5) is 12.0. The summed E-state index contributed by atoms with van der Waals surface area (Å²) in [6.45, 7) is -0.125. The van der Waals surface area contributed by atoms with Gasteiger partial charge in [-0.05, 0) is 42.5 Å². The highest BCUT2D eigenvalue weighted by Crippen LogP contribution is 2.18. The highest BCUT2D eigenvalue weighted by molar-refractivity contribution is 9.10. The first-order valence-electron chi connectivity index (χ1n) is 6.92. The number of halogens is 1. The lowest BCUT2D eigenvalue weighted by Gasteiger charge is -2.13. The van der Waals surface area contributed by atoms with Crippen LogP contribution in [0.4, 0.5) is 5.69 Å². The first kappa shape index (κ1) is 15.5. The molecule has 0 fully saturated rings. The molecule has 7 heteroatoms. The molecule has 0 aliphatic heterocycles. The van der Waals surface area contributed by atoms with Gasteiger partial charge in [0.15, 0.2) is 6.10 Å². The van der Waals surface area contributed by atoms with Crippen molar-refractivity contribution in [3.8, 4) is 5.75 Å². The molecule has 2 aromatic carbocycles. The van der Waals surface area contributed by atoms with Crippen LogP contribution in [0.25, 0.3) is 10.9 Å². The SMILES string of the molecule is O=C(Nc1ccc2cn[nH]c2c1)[C@@H](O)COc1ccc(Br)cc1. The van der Waals surface area contributed by atoms with Gasteiger partial charge in [0.25, 0.3) is 5.91 Å². The zero-order chi connectivity index (χ0) is 16.2. The van der Waals surface area contributed by atoms with E-state index >= 15 is 0 Å². The van der Waals surface area contributed by atoms with Crippen LogP contribution in [-0.4, -0.2) is 33.9 Å². The number of fused-ring (bicyclic) bond motifs is 1. The van der Waals surface area contributed by atoms with Gasteiger partial charge in [-0.1, -0.05) is 15.9 Å². The van der Waals surface area contributed by atoms with E-state index in [9.17, 15) is 9.90 Å². The van der Waals surface area contributed by atoms with Crippen LogP contribution in [0.3, 0.4) is 0 Å². The van der Waals surface area contributed by atoms with Gasteiger partial charge < -0.3 is 15.2 Å². The maximum atomic E-state index is 12.0. The Morgan fingerprint density at radius 2 is 2.09 bits per heavy atom. The Balaban J connectivity index is 1.57. The normalized spacial score (nSPS) is 12.1. The standard InChI is InChI=1S/C16H14BrN3O3/c17-11-2-5-13(6-3-11)23-9-15(21)16(22)19-12-4-1-10-8-18-20-14(10)7-12/h1-8,15,21H,9H2,(H,18,20)(H,19,22)/t15-/m0/s1. The third kappa shape index (κ3) is 3.88. The number of hydrogen-bond acceptors (Lipinski definition) is 4. The fraction of sp³-hybridized carbons (Fsp3) is 0.125. The Bertz CT molecular complexity index is 817. The van der Waals surface area contributed by atoms with Gasteiger partial charge in [-0.2, -0.15) is 5.10 Å². The summed E-state index contributed by atoms with van der Waals surface area (Å²) in [5, 5.41) is 20.2. The van der Waals surface area contributed by atoms with Crippen LogP contribution in [-0.2, 0) is 4.79 Å². The molecule has 0 saturated heterocycles. The number of aromatic nitrogens is 2. The minimum Gasteiger partial charge on any atom is -0.490 e. The number of rotatable bonds is 5. The molecule has 3 aromatic rings. The topological polar surface area (TPSA) is 87.2 Å². The second kappa shape index (κ2) is 6.80. The van der Waals surface area contributed by atoms with Crippen LogP contribution < -0.4 is 10.1 Å². The number of carbonyl (C=O) groups excluding carboxylic acids is 1. The molecule has 1 amide bonds. The maximum Gasteiger partial charge on any atom is 0.256 e. The summed E-state index contributed by atoms with van der Waals surface area (Å²) in [5.41, 5.74) is 1.39. The molecule has 3 rings (SSSR count). The van der Waals surface area contributed by atoms with Gasteiger partial charge in [0.1, 0.15) is 12.4 Å². The Morgan fingerprint density at radius 1 is 1.30 bits per heavy atom. The van der Waals surface area contributed by atoms with E-state index in [-0.39, 0.29) is 6.61 Å². The molecule has 0 spiro atoms. The van der Waals surface area contributed by atoms with E-state index in [0.29, 0.717) is 11.4 Å². The number of carbonyl (C=O) groups is 1. The van der Waals surface area contributed by atoms with E-state index in [2.05, 4.69) is 31.4 Å². The molecule has 0 saturated carbocycles. The molecule has 23 heavy (non-hydrogen) atoms. The van der Waals surface area contributed by atoms with Crippen molar-refractivity contribution in [3.05, 3.63) is 53.1 Å². The summed E-state index contributed by atoms with van der Waals surface area (Å²) < 4.78 is 6.32. The van der Waals surface area contributed by atoms with Crippen molar-refractivity contribution in [2.75, 3.05) is 11.9 Å². The molecule has 1 atom stereocenters. The minimum absolute atomic E-state index is 0.125. The Hall–Kier alpha value is -2.38. The molecule has 0 aliphatic rings. The van der Waals surface area contributed by atoms with Gasteiger partial charge in [-0.15, -0.1) is 0 Å². The highest BCUT2D eigenvalue weighted by atomic mass is 79.9. The molecule has 118 valence electrons. The molecule has 0 unspecified atom stereocenters. The third-order valence-corrected chi connectivity index (χ3v) is 3.76. The lowest BCUT2D eigenvalue weighted by Crippen LogP contribution is -2.32. The van der Waals surface area contributed by atoms with Crippen molar-refractivity contribution in [3.63, 3.8) is 0 Å². The number of aliphatic hydroxyl groups is 1. The lowest BCUT2D eigenvalue weighted by molar-refractivity contribution is -0.125. The third-order valence-electron chi connectivity index (χ3n) is 3.23. The molecule has 0 radical (unpaired) electrons. The van der Waals surface area contributed by atoms with Gasteiger partial charge >= 0.3 is 0 Å². The van der Waals surface area contributed by atoms with E-state index in [1.807, 2.05) is 18.2 Å². The molecule has 0 bridgehead atoms. The van der Waals surface area contributed by atoms with Gasteiger partial charge in [0.2, 0.25) is 0 Å². The van der Waals surface area contributed by atoms with E-state index in [4.69, 9.17) is 4.74 Å². The quantitative estimate of drug-likeness (QED) is 0.639. The van der Waals surface area contributed by atoms with Gasteiger partial charge in [-0.25, -0.2) is 0 Å². The van der Waals surface area contributed by atoms with Crippen LogP contribution in [0.1, 0.15) is 0 Å². The van der Waals surface area contributed by atoms with Crippen molar-refractivity contribution >= 4 is 38.4 Å². The lowest BCUT2D eigenvalue weighted by atomic mass is 10.2. The maximum absolute atomic E-state index is 12.0. The number of aliphatic hydroxyl groups excluding tert-OH is 1. The van der Waals surface area contributed by atoms with Gasteiger partial charge in [-0.3, -0.25) is 9.89 Å². The zero-order valence-electron chi connectivity index (χ0n) is 12.0. The monoisotopic (exact) mass is 375 g/mol. The van der Waals surface area contributed by atoms with E-state index in [1.165, 1.54) is 0 Å². The largest absolute Gasteiger partial charge is 0.490 e. The number of aromatic amines is 1. The van der Waals surface area contributed by atoms with Gasteiger partial charge in [0, 0.05) is 15.5 Å². The average Bonchev–Trinajstić information content (AvgIpc) is 3.01. The number of H-pyrrole nitrogens is 1. The van der Waals surface area contributed by atoms with Gasteiger partial charge in [0.05, 0.1) is 11.7 Å². The number of amides is 1. The van der Waals surface area contributed by atoms with Crippen molar-refractivity contribution in [1.29, 1.82) is 0 Å². The van der Waals surface area contributed by atoms with Crippen LogP contribution in [0.2, 0.25) is 0 Å². The van der Waals surface area contributed by atoms with Crippen molar-refractivity contribution in [2.45, 2.75) is 6.10 Å². The number of benzene rings is 2. The predicted molar refractivity (Wildman–Crippen MR) is 90.4 cm³/mol. The van der Waals surface area contributed by atoms with Crippen LogP contribution in [0.5, 0.6) is 5.75 Å². The molecular formula is C16H14BrN3O3. The van der Waals surface area contributed by atoms with E-state index < -0.39 is 12.0 Å². The van der Waals surface area contributed by atoms with Crippen LogP contribution in [0, 0.1) is 0 Å². The Morgan fingerprint density at radius 3 is 2.87 bits per heavy atom. The minimum atomic E-state index is -1.27. The van der Waals surface area contributed by atoms with E-state index in [1.54, 1.807) is 30.5 Å². The number of hydrogen-bond donors (Lipinski definition) is 3. The second-order valence-electron chi connectivity index (χ2n) is 4.94. The fourth-order valence-electron chi connectivity index (χ4n) is 2.02. The molecular weight excluding hydrogens is 362 g/mol. The highest BCUT2D eigenvalue weighted by Gasteiger charge is 2.16. The number of anilines is 1. The number of nitrogens with zero attached hydrogens (tertiary/aromatic N) is 1. The molecule has 3 N–H and O–H groups in total. The Kier molecular flexibility index (Phi) is 4.59. The number of nitrogens with one attached hydrogen (secondary N) is 2. The van der Waals surface area contributed by atoms with Crippen molar-refractivity contribution in [1.82, 2.24) is 10.2 Å². The number of ether oxygens (including phenoxy) is 1. The zero-order valence-corrected chi connectivity index (χ0v) is 13.6. The summed E-state index contributed by atoms with van der Waals surface area (Å²) in [6.07, 6.45) is 0.429. The molecule has 6 nitrogen and oxygen atoms in total. The van der Waals surface area contributed by atoms with Crippen LogP contribution in [0.15, 0.2) is 53.1 Å². The fourth-order valence-corrected chi connectivity index (χ4v) is 2.29. The summed E-state index contributed by atoms with van der Waals surface area (Å²) in [6, 6.07) is 12.5. The smallest absolute Gasteiger partial charge is 0.256 e. The summed E-state index contributed by atoms with van der Waals surface area (Å²) >= 11 is 3.32. The van der Waals surface area contributed by atoms with Crippen molar-refractivity contribution in [2.24, 2.45) is 0 Å². The first-order chi connectivity index (χ1) is 11.1. The predicted octanol–water partition coefficient (Wildman–Crippen LogP) is 2.70. The van der Waals surface area contributed by atoms with Crippen LogP contribution >= 0.6 is 15.9 Å². The summed E-state index contributed by atoms with van der Waals surface area (Å²) in [5.74, 6) is 0.0555. The average molecular weight is 376 g/mol. The summed E-state index contributed by atoms with van der Waals surface area (Å²) in [7, 11) is 0. The second-order valence-corrected chi connectivity index (χ2v) is 5.86. The molecule has 1 heterocycles.